The number of anilines is 1. The molecule has 22 heavy (non-hydrogen) atoms. The highest BCUT2D eigenvalue weighted by atomic mass is 79.9. The smallest absolute Gasteiger partial charge is 0.228 e. The first-order valence-electron chi connectivity index (χ1n) is 6.88. The van der Waals surface area contributed by atoms with E-state index in [2.05, 4.69) is 37.4 Å². The molecule has 0 bridgehead atoms. The second-order valence-electron chi connectivity index (χ2n) is 5.09. The van der Waals surface area contributed by atoms with Crippen molar-refractivity contribution in [3.05, 3.63) is 40.1 Å². The summed E-state index contributed by atoms with van der Waals surface area (Å²) in [5.41, 5.74) is 3.12. The van der Waals surface area contributed by atoms with Gasteiger partial charge in [0.2, 0.25) is 5.91 Å². The number of halogens is 1. The molecule has 7 heteroatoms. The van der Waals surface area contributed by atoms with Gasteiger partial charge < -0.3 is 5.32 Å². The van der Waals surface area contributed by atoms with Crippen molar-refractivity contribution in [2.24, 2.45) is 0 Å². The van der Waals surface area contributed by atoms with Gasteiger partial charge in [-0.25, -0.2) is 4.98 Å². The van der Waals surface area contributed by atoms with Crippen LogP contribution in [0.3, 0.4) is 0 Å². The molecule has 0 aliphatic rings. The van der Waals surface area contributed by atoms with E-state index in [4.69, 9.17) is 0 Å². The predicted molar refractivity (Wildman–Crippen MR) is 92.3 cm³/mol. The molecule has 2 aromatic heterocycles. The van der Waals surface area contributed by atoms with Crippen LogP contribution in [0.25, 0.3) is 10.2 Å². The average molecular weight is 379 g/mol. The van der Waals surface area contributed by atoms with E-state index in [-0.39, 0.29) is 5.91 Å². The van der Waals surface area contributed by atoms with E-state index in [1.54, 1.807) is 6.20 Å². The third kappa shape index (κ3) is 3.20. The van der Waals surface area contributed by atoms with E-state index in [0.29, 0.717) is 18.1 Å². The van der Waals surface area contributed by atoms with Crippen molar-refractivity contribution in [3.63, 3.8) is 0 Å². The average Bonchev–Trinajstić information content (AvgIpc) is 3.01. The Hall–Kier alpha value is -1.73. The van der Waals surface area contributed by atoms with Crippen molar-refractivity contribution >= 4 is 48.5 Å². The predicted octanol–water partition coefficient (Wildman–Crippen LogP) is 3.90. The molecule has 3 aromatic rings. The normalized spacial score (nSPS) is 11.0. The second kappa shape index (κ2) is 6.18. The van der Waals surface area contributed by atoms with Gasteiger partial charge in [0, 0.05) is 12.1 Å². The molecule has 114 valence electrons. The number of amides is 1. The van der Waals surface area contributed by atoms with Crippen molar-refractivity contribution in [3.8, 4) is 0 Å². The Morgan fingerprint density at radius 1 is 1.41 bits per heavy atom. The fraction of sp³-hybridized carbons (Fsp3) is 0.267. The molecular formula is C15H15BrN4OS. The number of carbonyl (C=O) groups is 1. The lowest BCUT2D eigenvalue weighted by Gasteiger charge is -2.04. The summed E-state index contributed by atoms with van der Waals surface area (Å²) in [7, 11) is 0. The molecule has 0 unspecified atom stereocenters. The topological polar surface area (TPSA) is 59.8 Å². The van der Waals surface area contributed by atoms with Crippen LogP contribution in [-0.2, 0) is 11.3 Å². The summed E-state index contributed by atoms with van der Waals surface area (Å²) in [5, 5.41) is 7.72. The molecule has 0 fully saturated rings. The number of thiazole rings is 1. The van der Waals surface area contributed by atoms with Crippen LogP contribution in [0.1, 0.15) is 17.7 Å². The van der Waals surface area contributed by atoms with Gasteiger partial charge in [0.25, 0.3) is 0 Å². The van der Waals surface area contributed by atoms with Crippen molar-refractivity contribution in [2.45, 2.75) is 26.8 Å². The molecule has 0 saturated carbocycles. The zero-order valence-corrected chi connectivity index (χ0v) is 14.7. The van der Waals surface area contributed by atoms with Gasteiger partial charge in [0.1, 0.15) is 0 Å². The van der Waals surface area contributed by atoms with Crippen LogP contribution in [0.5, 0.6) is 0 Å². The number of aryl methyl sites for hydroxylation is 2. The maximum Gasteiger partial charge on any atom is 0.228 e. The summed E-state index contributed by atoms with van der Waals surface area (Å²) in [6.07, 6.45) is 2.10. The Kier molecular flexibility index (Phi) is 4.26. The third-order valence-electron chi connectivity index (χ3n) is 3.38. The lowest BCUT2D eigenvalue weighted by Crippen LogP contribution is -2.15. The van der Waals surface area contributed by atoms with Gasteiger partial charge in [0.15, 0.2) is 5.13 Å². The highest BCUT2D eigenvalue weighted by molar-refractivity contribution is 9.10. The summed E-state index contributed by atoms with van der Waals surface area (Å²) < 4.78 is 3.85. The maximum atomic E-state index is 12.1. The first kappa shape index (κ1) is 15.2. The fourth-order valence-electron chi connectivity index (χ4n) is 2.12. The number of carbonyl (C=O) groups excluding carboxylic acids is 1. The summed E-state index contributed by atoms with van der Waals surface area (Å²) >= 11 is 4.91. The van der Waals surface area contributed by atoms with E-state index >= 15 is 0 Å². The summed E-state index contributed by atoms with van der Waals surface area (Å²) in [6.45, 7) is 4.56. The van der Waals surface area contributed by atoms with Crippen molar-refractivity contribution in [2.75, 3.05) is 5.32 Å². The Morgan fingerprint density at radius 2 is 2.23 bits per heavy atom. The zero-order chi connectivity index (χ0) is 15.7. The van der Waals surface area contributed by atoms with Crippen LogP contribution in [0.4, 0.5) is 5.13 Å². The number of benzene rings is 1. The zero-order valence-electron chi connectivity index (χ0n) is 12.3. The SMILES string of the molecule is Cc1ccc2nc(NC(=O)CCn3ncc(Br)c3C)sc2c1. The molecule has 0 atom stereocenters. The van der Waals surface area contributed by atoms with Gasteiger partial charge in [-0.05, 0) is 47.5 Å². The van der Waals surface area contributed by atoms with Crippen molar-refractivity contribution in [1.82, 2.24) is 14.8 Å². The number of nitrogens with one attached hydrogen (secondary N) is 1. The molecule has 1 amide bonds. The van der Waals surface area contributed by atoms with E-state index in [0.717, 1.165) is 20.4 Å². The highest BCUT2D eigenvalue weighted by Crippen LogP contribution is 2.26. The molecule has 1 N–H and O–H groups in total. The molecule has 0 aliphatic carbocycles. The van der Waals surface area contributed by atoms with Crippen LogP contribution in [-0.4, -0.2) is 20.7 Å². The quantitative estimate of drug-likeness (QED) is 0.748. The van der Waals surface area contributed by atoms with Gasteiger partial charge in [-0.3, -0.25) is 9.48 Å². The molecule has 1 aromatic carbocycles. The molecule has 0 saturated heterocycles. The number of hydrogen-bond donors (Lipinski definition) is 1. The molecule has 3 rings (SSSR count). The second-order valence-corrected chi connectivity index (χ2v) is 6.97. The van der Waals surface area contributed by atoms with Crippen molar-refractivity contribution < 1.29 is 4.79 Å². The van der Waals surface area contributed by atoms with Crippen LogP contribution in [0.2, 0.25) is 0 Å². The van der Waals surface area contributed by atoms with E-state index in [1.807, 2.05) is 30.7 Å². The first-order valence-corrected chi connectivity index (χ1v) is 8.49. The molecule has 5 nitrogen and oxygen atoms in total. The van der Waals surface area contributed by atoms with Gasteiger partial charge in [-0.1, -0.05) is 17.4 Å². The summed E-state index contributed by atoms with van der Waals surface area (Å²) in [4.78, 5) is 16.5. The van der Waals surface area contributed by atoms with E-state index < -0.39 is 0 Å². The molecular weight excluding hydrogens is 364 g/mol. The van der Waals surface area contributed by atoms with Crippen LogP contribution in [0, 0.1) is 13.8 Å². The number of rotatable bonds is 4. The summed E-state index contributed by atoms with van der Waals surface area (Å²) in [5.74, 6) is -0.0539. The highest BCUT2D eigenvalue weighted by Gasteiger charge is 2.10. The molecule has 0 radical (unpaired) electrons. The number of fused-ring (bicyclic) bond motifs is 1. The minimum atomic E-state index is -0.0539. The van der Waals surface area contributed by atoms with Gasteiger partial charge >= 0.3 is 0 Å². The van der Waals surface area contributed by atoms with Crippen molar-refractivity contribution in [1.29, 1.82) is 0 Å². The van der Waals surface area contributed by atoms with Crippen LogP contribution < -0.4 is 5.32 Å². The number of hydrogen-bond acceptors (Lipinski definition) is 4. The van der Waals surface area contributed by atoms with Gasteiger partial charge in [0.05, 0.1) is 27.4 Å². The Labute approximate surface area is 140 Å². The van der Waals surface area contributed by atoms with Crippen LogP contribution in [0.15, 0.2) is 28.9 Å². The van der Waals surface area contributed by atoms with Gasteiger partial charge in [-0.15, -0.1) is 0 Å². The molecule has 0 spiro atoms. The Bertz CT molecular complexity index is 839. The standard InChI is InChI=1S/C15H15BrN4OS/c1-9-3-4-12-13(7-9)22-15(18-12)19-14(21)5-6-20-10(2)11(16)8-17-20/h3-4,7-8H,5-6H2,1-2H3,(H,18,19,21). The Balaban J connectivity index is 1.64. The molecule has 0 aliphatic heterocycles. The van der Waals surface area contributed by atoms with Gasteiger partial charge in [-0.2, -0.15) is 5.10 Å². The number of nitrogens with zero attached hydrogens (tertiary/aromatic N) is 3. The Morgan fingerprint density at radius 3 is 2.95 bits per heavy atom. The molecule has 2 heterocycles. The monoisotopic (exact) mass is 378 g/mol. The van der Waals surface area contributed by atoms with E-state index in [9.17, 15) is 4.79 Å². The largest absolute Gasteiger partial charge is 0.302 e. The third-order valence-corrected chi connectivity index (χ3v) is 5.10. The summed E-state index contributed by atoms with van der Waals surface area (Å²) in [6, 6.07) is 6.07. The van der Waals surface area contributed by atoms with E-state index in [1.165, 1.54) is 16.9 Å². The van der Waals surface area contributed by atoms with Crippen LogP contribution >= 0.6 is 27.3 Å². The minimum absolute atomic E-state index is 0.0539. The lowest BCUT2D eigenvalue weighted by molar-refractivity contribution is -0.116. The minimum Gasteiger partial charge on any atom is -0.302 e. The first-order chi connectivity index (χ1) is 10.5. The lowest BCUT2D eigenvalue weighted by atomic mass is 10.2. The number of aromatic nitrogens is 3. The maximum absolute atomic E-state index is 12.1. The fourth-order valence-corrected chi connectivity index (χ4v) is 3.40.